The van der Waals surface area contributed by atoms with Crippen molar-refractivity contribution in [1.82, 2.24) is 15.2 Å². The summed E-state index contributed by atoms with van der Waals surface area (Å²) in [5, 5.41) is 6.30. The zero-order valence-corrected chi connectivity index (χ0v) is 17.8. The summed E-state index contributed by atoms with van der Waals surface area (Å²) < 4.78 is 0. The SMILES string of the molecule is CC1CCN(c2ccc(Nc3ccnc(C(=O)NCCCN(C)C)c3)cc2)CC1. The monoisotopic (exact) mass is 395 g/mol. The second-order valence-electron chi connectivity index (χ2n) is 8.18. The highest BCUT2D eigenvalue weighted by Crippen LogP contribution is 2.25. The zero-order chi connectivity index (χ0) is 20.6. The molecule has 1 amide bonds. The van der Waals surface area contributed by atoms with Crippen LogP contribution < -0.4 is 15.5 Å². The third kappa shape index (κ3) is 6.46. The molecule has 29 heavy (non-hydrogen) atoms. The second-order valence-corrected chi connectivity index (χ2v) is 8.18. The molecule has 156 valence electrons. The lowest BCUT2D eigenvalue weighted by molar-refractivity contribution is 0.0947. The maximum atomic E-state index is 12.3. The number of piperidine rings is 1. The molecule has 1 fully saturated rings. The molecule has 0 spiro atoms. The molecule has 0 saturated carbocycles. The highest BCUT2D eigenvalue weighted by Gasteiger charge is 2.15. The minimum atomic E-state index is -0.137. The maximum absolute atomic E-state index is 12.3. The van der Waals surface area contributed by atoms with Crippen LogP contribution in [0.4, 0.5) is 17.1 Å². The van der Waals surface area contributed by atoms with Crippen molar-refractivity contribution in [3.8, 4) is 0 Å². The Balaban J connectivity index is 1.55. The summed E-state index contributed by atoms with van der Waals surface area (Å²) in [4.78, 5) is 21.1. The quantitative estimate of drug-likeness (QED) is 0.667. The summed E-state index contributed by atoms with van der Waals surface area (Å²) >= 11 is 0. The van der Waals surface area contributed by atoms with E-state index in [2.05, 4.69) is 56.6 Å². The van der Waals surface area contributed by atoms with E-state index in [0.29, 0.717) is 12.2 Å². The highest BCUT2D eigenvalue weighted by molar-refractivity contribution is 5.93. The van der Waals surface area contributed by atoms with Gasteiger partial charge in [-0.3, -0.25) is 9.78 Å². The summed E-state index contributed by atoms with van der Waals surface area (Å²) in [5.41, 5.74) is 3.56. The van der Waals surface area contributed by atoms with Crippen LogP contribution in [0.5, 0.6) is 0 Å². The molecule has 1 saturated heterocycles. The molecule has 0 radical (unpaired) electrons. The number of aromatic nitrogens is 1. The average molecular weight is 396 g/mol. The number of amides is 1. The predicted octanol–water partition coefficient (Wildman–Crippen LogP) is 3.74. The lowest BCUT2D eigenvalue weighted by Gasteiger charge is -2.32. The van der Waals surface area contributed by atoms with E-state index in [1.54, 1.807) is 12.3 Å². The van der Waals surface area contributed by atoms with Gasteiger partial charge in [-0.2, -0.15) is 0 Å². The number of nitrogens with zero attached hydrogens (tertiary/aromatic N) is 3. The Kier molecular flexibility index (Phi) is 7.47. The number of hydrogen-bond acceptors (Lipinski definition) is 5. The van der Waals surface area contributed by atoms with E-state index < -0.39 is 0 Å². The minimum absolute atomic E-state index is 0.137. The summed E-state index contributed by atoms with van der Waals surface area (Å²) in [6.07, 6.45) is 5.10. The molecular weight excluding hydrogens is 362 g/mol. The maximum Gasteiger partial charge on any atom is 0.269 e. The van der Waals surface area contributed by atoms with Crippen LogP contribution in [0.3, 0.4) is 0 Å². The minimum Gasteiger partial charge on any atom is -0.372 e. The van der Waals surface area contributed by atoms with Crippen molar-refractivity contribution in [2.24, 2.45) is 5.92 Å². The Morgan fingerprint density at radius 1 is 1.14 bits per heavy atom. The number of nitrogens with one attached hydrogen (secondary N) is 2. The van der Waals surface area contributed by atoms with E-state index in [0.717, 1.165) is 43.3 Å². The molecule has 0 unspecified atom stereocenters. The summed E-state index contributed by atoms with van der Waals surface area (Å²) in [6.45, 7) is 6.18. The van der Waals surface area contributed by atoms with Crippen molar-refractivity contribution in [3.63, 3.8) is 0 Å². The van der Waals surface area contributed by atoms with E-state index in [1.165, 1.54) is 18.5 Å². The zero-order valence-electron chi connectivity index (χ0n) is 17.8. The highest BCUT2D eigenvalue weighted by atomic mass is 16.1. The molecule has 6 nitrogen and oxygen atoms in total. The van der Waals surface area contributed by atoms with Crippen molar-refractivity contribution < 1.29 is 4.79 Å². The summed E-state index contributed by atoms with van der Waals surface area (Å²) in [6, 6.07) is 12.2. The molecule has 1 aromatic heterocycles. The van der Waals surface area contributed by atoms with Gasteiger partial charge in [0.15, 0.2) is 0 Å². The molecule has 0 atom stereocenters. The van der Waals surface area contributed by atoms with Gasteiger partial charge in [0.25, 0.3) is 5.91 Å². The van der Waals surface area contributed by atoms with Gasteiger partial charge in [0, 0.05) is 42.9 Å². The topological polar surface area (TPSA) is 60.5 Å². The number of anilines is 3. The van der Waals surface area contributed by atoms with Gasteiger partial charge in [0.1, 0.15) is 5.69 Å². The molecular formula is C23H33N5O. The Hall–Kier alpha value is -2.60. The van der Waals surface area contributed by atoms with Gasteiger partial charge >= 0.3 is 0 Å². The third-order valence-corrected chi connectivity index (χ3v) is 5.36. The molecule has 0 bridgehead atoms. The molecule has 1 aliphatic rings. The number of rotatable bonds is 8. The van der Waals surface area contributed by atoms with E-state index in [4.69, 9.17) is 0 Å². The van der Waals surface area contributed by atoms with Crippen molar-refractivity contribution >= 4 is 23.0 Å². The third-order valence-electron chi connectivity index (χ3n) is 5.36. The van der Waals surface area contributed by atoms with Gasteiger partial charge in [-0.15, -0.1) is 0 Å². The van der Waals surface area contributed by atoms with E-state index in [-0.39, 0.29) is 5.91 Å². The number of hydrogen-bond donors (Lipinski definition) is 2. The van der Waals surface area contributed by atoms with Crippen LogP contribution in [0, 0.1) is 5.92 Å². The smallest absolute Gasteiger partial charge is 0.269 e. The molecule has 1 aliphatic heterocycles. The lowest BCUT2D eigenvalue weighted by atomic mass is 9.99. The lowest BCUT2D eigenvalue weighted by Crippen LogP contribution is -2.32. The van der Waals surface area contributed by atoms with Crippen LogP contribution in [-0.4, -0.2) is 56.1 Å². The number of benzene rings is 1. The summed E-state index contributed by atoms with van der Waals surface area (Å²) in [7, 11) is 4.05. The van der Waals surface area contributed by atoms with Gasteiger partial charge < -0.3 is 20.4 Å². The Morgan fingerprint density at radius 2 is 1.86 bits per heavy atom. The van der Waals surface area contributed by atoms with Crippen LogP contribution >= 0.6 is 0 Å². The fourth-order valence-electron chi connectivity index (χ4n) is 3.51. The largest absolute Gasteiger partial charge is 0.372 e. The fraction of sp³-hybridized carbons (Fsp3) is 0.478. The van der Waals surface area contributed by atoms with Crippen molar-refractivity contribution in [3.05, 3.63) is 48.3 Å². The molecule has 0 aliphatic carbocycles. The van der Waals surface area contributed by atoms with Gasteiger partial charge in [-0.1, -0.05) is 6.92 Å². The van der Waals surface area contributed by atoms with Gasteiger partial charge in [0.2, 0.25) is 0 Å². The Bertz CT molecular complexity index is 782. The number of carbonyl (C=O) groups excluding carboxylic acids is 1. The first-order valence-electron chi connectivity index (χ1n) is 10.5. The number of pyridine rings is 1. The molecule has 2 heterocycles. The van der Waals surface area contributed by atoms with Crippen LogP contribution in [0.15, 0.2) is 42.6 Å². The van der Waals surface area contributed by atoms with E-state index in [9.17, 15) is 4.79 Å². The summed E-state index contributed by atoms with van der Waals surface area (Å²) in [5.74, 6) is 0.695. The fourth-order valence-corrected chi connectivity index (χ4v) is 3.51. The first kappa shape index (κ1) is 21.1. The van der Waals surface area contributed by atoms with Gasteiger partial charge in [-0.05, 0) is 82.2 Å². The standard InChI is InChI=1S/C23H33N5O/c1-18-10-15-28(16-11-18)21-7-5-19(6-8-21)26-20-9-13-24-22(17-20)23(29)25-12-4-14-27(2)3/h5-9,13,17-18H,4,10-12,14-16H2,1-3H3,(H,24,26)(H,25,29). The van der Waals surface area contributed by atoms with Crippen molar-refractivity contribution in [2.45, 2.75) is 26.2 Å². The first-order valence-corrected chi connectivity index (χ1v) is 10.5. The van der Waals surface area contributed by atoms with Crippen molar-refractivity contribution in [1.29, 1.82) is 0 Å². The Morgan fingerprint density at radius 3 is 2.55 bits per heavy atom. The van der Waals surface area contributed by atoms with Crippen LogP contribution in [0.2, 0.25) is 0 Å². The molecule has 1 aromatic carbocycles. The predicted molar refractivity (Wildman–Crippen MR) is 120 cm³/mol. The first-order chi connectivity index (χ1) is 14.0. The Labute approximate surface area is 174 Å². The normalized spacial score (nSPS) is 14.8. The molecule has 2 aromatic rings. The second kappa shape index (κ2) is 10.3. The molecule has 3 rings (SSSR count). The van der Waals surface area contributed by atoms with E-state index >= 15 is 0 Å². The van der Waals surface area contributed by atoms with Gasteiger partial charge in [0.05, 0.1) is 0 Å². The average Bonchev–Trinajstić information content (AvgIpc) is 2.72. The molecule has 6 heteroatoms. The molecule has 2 N–H and O–H groups in total. The van der Waals surface area contributed by atoms with Crippen molar-refractivity contribution in [2.75, 3.05) is 50.5 Å². The van der Waals surface area contributed by atoms with Crippen LogP contribution in [0.25, 0.3) is 0 Å². The van der Waals surface area contributed by atoms with Crippen LogP contribution in [0.1, 0.15) is 36.7 Å². The van der Waals surface area contributed by atoms with Gasteiger partial charge in [-0.25, -0.2) is 0 Å². The number of carbonyl (C=O) groups is 1. The van der Waals surface area contributed by atoms with E-state index in [1.807, 2.05) is 20.2 Å². The van der Waals surface area contributed by atoms with Crippen LogP contribution in [-0.2, 0) is 0 Å².